The number of hydrogen-bond donors (Lipinski definition) is 2. The van der Waals surface area contributed by atoms with Gasteiger partial charge in [0.05, 0.1) is 28.8 Å². The fraction of sp³-hybridized carbons (Fsp3) is 0.323. The minimum absolute atomic E-state index is 0.0324. The van der Waals surface area contributed by atoms with E-state index in [0.717, 1.165) is 31.0 Å². The minimum atomic E-state index is -3.50. The molecule has 44 heavy (non-hydrogen) atoms. The third-order valence-corrected chi connectivity index (χ3v) is 7.99. The molecule has 0 radical (unpaired) electrons. The van der Waals surface area contributed by atoms with Gasteiger partial charge in [0.15, 0.2) is 5.60 Å². The quantitative estimate of drug-likeness (QED) is 0.206. The number of halogens is 6. The van der Waals surface area contributed by atoms with Gasteiger partial charge in [-0.2, -0.15) is 0 Å². The summed E-state index contributed by atoms with van der Waals surface area (Å²) in [6.07, 6.45) is -0.448. The lowest BCUT2D eigenvalue weighted by Crippen LogP contribution is -2.46. The molecule has 1 saturated carbocycles. The van der Waals surface area contributed by atoms with Crippen molar-refractivity contribution in [3.63, 3.8) is 0 Å². The minimum Gasteiger partial charge on any atom is -0.490 e. The number of hydrogen-bond acceptors (Lipinski definition) is 6. The Balaban J connectivity index is 1.37. The third-order valence-electron chi connectivity index (χ3n) is 7.78. The summed E-state index contributed by atoms with van der Waals surface area (Å²) in [5.74, 6) is -1.16. The SMILES string of the molecule is O=C(NCC(O)(c1cc2c(c(-c3ccc(F)cc3)n1)OCC2(CF)CF)C(F)F)c1cc(OC2CC2)c2ncc(Cl)cc2c1. The molecule has 0 bridgehead atoms. The number of amides is 1. The number of fused-ring (bicyclic) bond motifs is 2. The molecule has 1 aliphatic carbocycles. The van der Waals surface area contributed by atoms with E-state index in [1.807, 2.05) is 0 Å². The predicted octanol–water partition coefficient (Wildman–Crippen LogP) is 6.08. The topological polar surface area (TPSA) is 93.6 Å². The van der Waals surface area contributed by atoms with Gasteiger partial charge in [0.1, 0.15) is 48.5 Å². The number of carbonyl (C=O) groups is 1. The van der Waals surface area contributed by atoms with Crippen molar-refractivity contribution >= 4 is 28.4 Å². The first-order chi connectivity index (χ1) is 21.1. The van der Waals surface area contributed by atoms with E-state index in [9.17, 15) is 31.9 Å². The Hall–Kier alpha value is -4.03. The summed E-state index contributed by atoms with van der Waals surface area (Å²) < 4.78 is 82.9. The fourth-order valence-electron chi connectivity index (χ4n) is 5.02. The van der Waals surface area contributed by atoms with Crippen molar-refractivity contribution in [1.82, 2.24) is 15.3 Å². The number of rotatable bonds is 10. The van der Waals surface area contributed by atoms with Gasteiger partial charge >= 0.3 is 0 Å². The van der Waals surface area contributed by atoms with Crippen LogP contribution in [0.4, 0.5) is 22.0 Å². The molecule has 1 atom stereocenters. The summed E-state index contributed by atoms with van der Waals surface area (Å²) in [5.41, 5.74) is -5.12. The molecule has 2 aliphatic rings. The van der Waals surface area contributed by atoms with Gasteiger partial charge in [-0.15, -0.1) is 0 Å². The number of nitrogens with one attached hydrogen (secondary N) is 1. The molecule has 6 rings (SSSR count). The van der Waals surface area contributed by atoms with Gasteiger partial charge in [0.2, 0.25) is 0 Å². The first kappa shape index (κ1) is 30.0. The van der Waals surface area contributed by atoms with Gasteiger partial charge in [0, 0.05) is 28.3 Å². The molecule has 1 amide bonds. The Morgan fingerprint density at radius 3 is 2.55 bits per heavy atom. The van der Waals surface area contributed by atoms with Gasteiger partial charge in [-0.25, -0.2) is 26.9 Å². The highest BCUT2D eigenvalue weighted by molar-refractivity contribution is 6.31. The fourth-order valence-corrected chi connectivity index (χ4v) is 5.18. The van der Waals surface area contributed by atoms with Crippen molar-refractivity contribution < 1.29 is 41.3 Å². The van der Waals surface area contributed by atoms with Gasteiger partial charge in [-0.1, -0.05) is 11.6 Å². The molecular formula is C31H25ClF5N3O4. The molecule has 0 spiro atoms. The van der Waals surface area contributed by atoms with Crippen LogP contribution in [0.1, 0.15) is 34.5 Å². The van der Waals surface area contributed by atoms with E-state index < -0.39 is 61.4 Å². The number of pyridine rings is 2. The summed E-state index contributed by atoms with van der Waals surface area (Å²) in [4.78, 5) is 21.8. The molecule has 4 aromatic rings. The summed E-state index contributed by atoms with van der Waals surface area (Å²) in [7, 11) is 0. The highest BCUT2D eigenvalue weighted by Crippen LogP contribution is 2.47. The van der Waals surface area contributed by atoms with E-state index >= 15 is 0 Å². The Morgan fingerprint density at radius 2 is 1.89 bits per heavy atom. The average molecular weight is 634 g/mol. The van der Waals surface area contributed by atoms with Crippen molar-refractivity contribution in [3.8, 4) is 22.8 Å². The van der Waals surface area contributed by atoms with E-state index in [0.29, 0.717) is 21.7 Å². The van der Waals surface area contributed by atoms with E-state index in [2.05, 4.69) is 15.3 Å². The van der Waals surface area contributed by atoms with E-state index in [-0.39, 0.29) is 34.2 Å². The number of ether oxygens (including phenoxy) is 2. The lowest BCUT2D eigenvalue weighted by molar-refractivity contribution is -0.101. The van der Waals surface area contributed by atoms with Crippen LogP contribution < -0.4 is 14.8 Å². The predicted molar refractivity (Wildman–Crippen MR) is 151 cm³/mol. The summed E-state index contributed by atoms with van der Waals surface area (Å²) >= 11 is 6.09. The molecule has 1 fully saturated rings. The highest BCUT2D eigenvalue weighted by atomic mass is 35.5. The van der Waals surface area contributed by atoms with Crippen LogP contribution in [0.5, 0.6) is 11.5 Å². The average Bonchev–Trinajstić information content (AvgIpc) is 3.76. The van der Waals surface area contributed by atoms with Crippen molar-refractivity contribution in [2.45, 2.75) is 36.4 Å². The molecule has 1 unspecified atom stereocenters. The lowest BCUT2D eigenvalue weighted by Gasteiger charge is -2.29. The van der Waals surface area contributed by atoms with Crippen LogP contribution in [0.2, 0.25) is 5.02 Å². The molecule has 2 aromatic heterocycles. The first-order valence-electron chi connectivity index (χ1n) is 13.7. The third kappa shape index (κ3) is 5.41. The van der Waals surface area contributed by atoms with Crippen LogP contribution in [0.25, 0.3) is 22.2 Å². The van der Waals surface area contributed by atoms with Crippen LogP contribution in [-0.4, -0.2) is 60.0 Å². The van der Waals surface area contributed by atoms with E-state index in [4.69, 9.17) is 21.1 Å². The monoisotopic (exact) mass is 633 g/mol. The Morgan fingerprint density at radius 1 is 1.16 bits per heavy atom. The zero-order chi connectivity index (χ0) is 31.2. The maximum Gasteiger partial charge on any atom is 0.274 e. The molecular weight excluding hydrogens is 609 g/mol. The smallest absolute Gasteiger partial charge is 0.274 e. The lowest BCUT2D eigenvalue weighted by atomic mass is 9.83. The zero-order valence-electron chi connectivity index (χ0n) is 22.9. The van der Waals surface area contributed by atoms with Gasteiger partial charge in [-0.3, -0.25) is 9.78 Å². The molecule has 3 heterocycles. The second-order valence-electron chi connectivity index (χ2n) is 11.0. The van der Waals surface area contributed by atoms with Crippen LogP contribution in [0, 0.1) is 5.82 Å². The van der Waals surface area contributed by atoms with Crippen LogP contribution in [-0.2, 0) is 11.0 Å². The number of alkyl halides is 4. The Kier molecular flexibility index (Phi) is 7.83. The van der Waals surface area contributed by atoms with E-state index in [1.54, 1.807) is 6.07 Å². The summed E-state index contributed by atoms with van der Waals surface area (Å²) in [6.45, 7) is -3.91. The van der Waals surface area contributed by atoms with Crippen LogP contribution in [0.3, 0.4) is 0 Å². The zero-order valence-corrected chi connectivity index (χ0v) is 23.7. The molecule has 230 valence electrons. The van der Waals surface area contributed by atoms with Crippen LogP contribution >= 0.6 is 11.6 Å². The van der Waals surface area contributed by atoms with E-state index in [1.165, 1.54) is 30.5 Å². The Labute approximate surface area is 253 Å². The number of aliphatic hydroxyl groups is 1. The highest BCUT2D eigenvalue weighted by Gasteiger charge is 2.48. The molecule has 2 aromatic carbocycles. The largest absolute Gasteiger partial charge is 0.490 e. The van der Waals surface area contributed by atoms with Gasteiger partial charge in [0.25, 0.3) is 12.3 Å². The van der Waals surface area contributed by atoms with Gasteiger partial charge in [-0.05, 0) is 61.4 Å². The van der Waals surface area contributed by atoms with Crippen molar-refractivity contribution in [1.29, 1.82) is 0 Å². The maximum absolute atomic E-state index is 14.7. The molecule has 2 N–H and O–H groups in total. The summed E-state index contributed by atoms with van der Waals surface area (Å²) in [6, 6.07) is 10.2. The summed E-state index contributed by atoms with van der Waals surface area (Å²) in [5, 5.41) is 14.5. The number of nitrogens with zero attached hydrogens (tertiary/aromatic N) is 2. The molecule has 7 nitrogen and oxygen atoms in total. The molecule has 1 aliphatic heterocycles. The van der Waals surface area contributed by atoms with Crippen LogP contribution in [0.15, 0.2) is 54.7 Å². The van der Waals surface area contributed by atoms with Crippen molar-refractivity contribution in [3.05, 3.63) is 82.4 Å². The standard InChI is InChI=1S/C31H25ClF5N3O4/c32-19-8-17-7-18(9-23(25(17)38-11-19)44-21-5-6-21)28(41)39-14-31(42,29(36)37)24-10-22-27(43-15-30(22,12-33)13-34)26(40-24)16-1-3-20(35)4-2-16/h1-4,7-11,21,29,42H,5-6,12-15H2,(H,39,41). The first-order valence-corrected chi connectivity index (χ1v) is 14.1. The second-order valence-corrected chi connectivity index (χ2v) is 11.4. The maximum atomic E-state index is 14.7. The van der Waals surface area contributed by atoms with Gasteiger partial charge < -0.3 is 19.9 Å². The second kappa shape index (κ2) is 11.5. The molecule has 13 heteroatoms. The number of carbonyl (C=O) groups excluding carboxylic acids is 1. The van der Waals surface area contributed by atoms with Crippen molar-refractivity contribution in [2.75, 3.05) is 26.5 Å². The van der Waals surface area contributed by atoms with Crippen molar-refractivity contribution in [2.24, 2.45) is 0 Å². The number of benzene rings is 2. The Bertz CT molecular complexity index is 1730. The number of aromatic nitrogens is 2. The molecule has 0 saturated heterocycles. The normalized spacial score (nSPS) is 16.8.